The van der Waals surface area contributed by atoms with Crippen molar-refractivity contribution in [1.82, 2.24) is 10.2 Å². The SMILES string of the molecule is CC[C@H](C(=O)NC1CCCCC1)N(Cc1ccc(Cl)cc1Cl)C(=O)CN(c1cc(C)cc(C)c1)S(=O)(=O)c1ccccc1. The first kappa shape index (κ1) is 32.8. The number of nitrogens with zero attached hydrogens (tertiary/aromatic N) is 2. The minimum Gasteiger partial charge on any atom is -0.352 e. The van der Waals surface area contributed by atoms with Crippen LogP contribution < -0.4 is 9.62 Å². The molecule has 0 unspecified atom stereocenters. The summed E-state index contributed by atoms with van der Waals surface area (Å²) in [7, 11) is -4.14. The van der Waals surface area contributed by atoms with E-state index in [0.29, 0.717) is 27.7 Å². The van der Waals surface area contributed by atoms with E-state index in [9.17, 15) is 18.0 Å². The summed E-state index contributed by atoms with van der Waals surface area (Å²) in [6, 6.07) is 17.7. The number of sulfonamides is 1. The van der Waals surface area contributed by atoms with Crippen molar-refractivity contribution in [3.05, 3.63) is 93.5 Å². The van der Waals surface area contributed by atoms with Crippen LogP contribution >= 0.6 is 23.2 Å². The number of anilines is 1. The van der Waals surface area contributed by atoms with Gasteiger partial charge in [-0.25, -0.2) is 8.42 Å². The molecular formula is C33H39Cl2N3O4S. The quantitative estimate of drug-likeness (QED) is 0.242. The van der Waals surface area contributed by atoms with Crippen molar-refractivity contribution in [2.45, 2.75) is 82.8 Å². The van der Waals surface area contributed by atoms with Gasteiger partial charge in [0.15, 0.2) is 0 Å². The molecule has 1 saturated carbocycles. The van der Waals surface area contributed by atoms with Crippen LogP contribution in [0, 0.1) is 13.8 Å². The highest BCUT2D eigenvalue weighted by Crippen LogP contribution is 2.28. The highest BCUT2D eigenvalue weighted by Gasteiger charge is 2.34. The van der Waals surface area contributed by atoms with Gasteiger partial charge in [0.2, 0.25) is 11.8 Å². The van der Waals surface area contributed by atoms with Crippen molar-refractivity contribution in [3.8, 4) is 0 Å². The van der Waals surface area contributed by atoms with Crippen molar-refractivity contribution < 1.29 is 18.0 Å². The molecule has 1 fully saturated rings. The molecule has 230 valence electrons. The van der Waals surface area contributed by atoms with E-state index in [2.05, 4.69) is 5.32 Å². The molecule has 1 N–H and O–H groups in total. The lowest BCUT2D eigenvalue weighted by atomic mass is 9.95. The Morgan fingerprint density at radius 1 is 0.930 bits per heavy atom. The zero-order chi connectivity index (χ0) is 31.1. The van der Waals surface area contributed by atoms with Crippen LogP contribution in [0.25, 0.3) is 0 Å². The summed E-state index contributed by atoms with van der Waals surface area (Å²) in [4.78, 5) is 29.5. The van der Waals surface area contributed by atoms with E-state index in [1.54, 1.807) is 48.5 Å². The second-order valence-corrected chi connectivity index (χ2v) is 13.9. The van der Waals surface area contributed by atoms with Crippen LogP contribution in [0.4, 0.5) is 5.69 Å². The molecule has 1 atom stereocenters. The molecule has 3 aromatic rings. The highest BCUT2D eigenvalue weighted by atomic mass is 35.5. The molecule has 0 aromatic heterocycles. The molecule has 43 heavy (non-hydrogen) atoms. The van der Waals surface area contributed by atoms with Gasteiger partial charge in [-0.15, -0.1) is 0 Å². The number of rotatable bonds is 11. The fourth-order valence-electron chi connectivity index (χ4n) is 5.64. The van der Waals surface area contributed by atoms with E-state index in [0.717, 1.165) is 47.5 Å². The monoisotopic (exact) mass is 643 g/mol. The summed E-state index contributed by atoms with van der Waals surface area (Å²) in [6.45, 7) is 5.11. The number of aryl methyl sites for hydroxylation is 2. The van der Waals surface area contributed by atoms with Gasteiger partial charge in [-0.2, -0.15) is 0 Å². The van der Waals surface area contributed by atoms with Gasteiger partial charge < -0.3 is 10.2 Å². The molecule has 0 bridgehead atoms. The van der Waals surface area contributed by atoms with Crippen molar-refractivity contribution >= 4 is 50.7 Å². The number of hydrogen-bond acceptors (Lipinski definition) is 4. The molecule has 0 aliphatic heterocycles. The maximum absolute atomic E-state index is 14.3. The van der Waals surface area contributed by atoms with E-state index in [4.69, 9.17) is 23.2 Å². The Hall–Kier alpha value is -3.07. The third-order valence-electron chi connectivity index (χ3n) is 7.80. The van der Waals surface area contributed by atoms with Crippen molar-refractivity contribution in [1.29, 1.82) is 0 Å². The van der Waals surface area contributed by atoms with Crippen molar-refractivity contribution in [2.75, 3.05) is 10.8 Å². The molecule has 7 nitrogen and oxygen atoms in total. The minimum atomic E-state index is -4.14. The molecule has 3 aromatic carbocycles. The number of amides is 2. The molecule has 4 rings (SSSR count). The molecule has 0 saturated heterocycles. The number of nitrogens with one attached hydrogen (secondary N) is 1. The molecule has 0 heterocycles. The normalized spacial score (nSPS) is 14.6. The number of benzene rings is 3. The first-order valence-corrected chi connectivity index (χ1v) is 16.9. The lowest BCUT2D eigenvalue weighted by molar-refractivity contribution is -0.140. The van der Waals surface area contributed by atoms with Gasteiger partial charge in [-0.1, -0.05) is 79.7 Å². The lowest BCUT2D eigenvalue weighted by Crippen LogP contribution is -2.54. The predicted molar refractivity (Wildman–Crippen MR) is 173 cm³/mol. The van der Waals surface area contributed by atoms with E-state index in [1.165, 1.54) is 17.0 Å². The van der Waals surface area contributed by atoms with Gasteiger partial charge in [0.1, 0.15) is 12.6 Å². The summed E-state index contributed by atoms with van der Waals surface area (Å²) < 4.78 is 29.2. The number of carbonyl (C=O) groups excluding carboxylic acids is 2. The molecule has 0 radical (unpaired) electrons. The summed E-state index contributed by atoms with van der Waals surface area (Å²) in [6.07, 6.45) is 5.38. The Balaban J connectivity index is 1.74. The molecule has 1 aliphatic rings. The molecule has 10 heteroatoms. The van der Waals surface area contributed by atoms with E-state index in [-0.39, 0.29) is 23.4 Å². The Labute approximate surface area is 265 Å². The van der Waals surface area contributed by atoms with Gasteiger partial charge in [0.05, 0.1) is 10.6 Å². The molecule has 2 amide bonds. The topological polar surface area (TPSA) is 86.8 Å². The van der Waals surface area contributed by atoms with E-state index < -0.39 is 28.5 Å². The molecule has 1 aliphatic carbocycles. The lowest BCUT2D eigenvalue weighted by Gasteiger charge is -2.34. The zero-order valence-corrected chi connectivity index (χ0v) is 27.2. The van der Waals surface area contributed by atoms with Gasteiger partial charge in [-0.3, -0.25) is 13.9 Å². The minimum absolute atomic E-state index is 0.0114. The Bertz CT molecular complexity index is 1520. The number of halogens is 2. The van der Waals surface area contributed by atoms with Crippen LogP contribution in [0.1, 0.15) is 62.1 Å². The van der Waals surface area contributed by atoms with E-state index in [1.807, 2.05) is 26.8 Å². The largest absolute Gasteiger partial charge is 0.352 e. The molecular weight excluding hydrogens is 605 g/mol. The third kappa shape index (κ3) is 8.31. The van der Waals surface area contributed by atoms with Crippen LogP contribution in [0.15, 0.2) is 71.6 Å². The van der Waals surface area contributed by atoms with Crippen LogP contribution in [0.5, 0.6) is 0 Å². The van der Waals surface area contributed by atoms with Gasteiger partial charge in [0.25, 0.3) is 10.0 Å². The van der Waals surface area contributed by atoms with Gasteiger partial charge in [-0.05, 0) is 86.2 Å². The average Bonchev–Trinajstić information content (AvgIpc) is 2.97. The Morgan fingerprint density at radius 2 is 1.58 bits per heavy atom. The van der Waals surface area contributed by atoms with E-state index >= 15 is 0 Å². The van der Waals surface area contributed by atoms with Crippen molar-refractivity contribution in [2.24, 2.45) is 0 Å². The first-order chi connectivity index (χ1) is 20.5. The standard InChI is InChI=1S/C33H39Cl2N3O4S/c1-4-31(33(40)36-27-11-7-5-8-12-27)37(21-25-15-16-26(34)20-30(25)35)32(39)22-38(28-18-23(2)17-24(3)19-28)43(41,42)29-13-9-6-10-14-29/h6,9-10,13-20,27,31H,4-5,7-8,11-12,21-22H2,1-3H3,(H,36,40)/t31-/m1/s1. The maximum Gasteiger partial charge on any atom is 0.264 e. The summed E-state index contributed by atoms with van der Waals surface area (Å²) in [5, 5.41) is 3.96. The summed E-state index contributed by atoms with van der Waals surface area (Å²) >= 11 is 12.7. The third-order valence-corrected chi connectivity index (χ3v) is 10.2. The molecule has 0 spiro atoms. The maximum atomic E-state index is 14.3. The summed E-state index contributed by atoms with van der Waals surface area (Å²) in [5.74, 6) is -0.771. The fraction of sp³-hybridized carbons (Fsp3) is 0.394. The smallest absolute Gasteiger partial charge is 0.264 e. The van der Waals surface area contributed by atoms with Gasteiger partial charge >= 0.3 is 0 Å². The highest BCUT2D eigenvalue weighted by molar-refractivity contribution is 7.92. The predicted octanol–water partition coefficient (Wildman–Crippen LogP) is 7.06. The van der Waals surface area contributed by atoms with Crippen LogP contribution in [-0.4, -0.2) is 43.8 Å². The number of hydrogen-bond donors (Lipinski definition) is 1. The number of carbonyl (C=O) groups is 2. The fourth-order valence-corrected chi connectivity index (χ4v) is 7.53. The summed E-state index contributed by atoms with van der Waals surface area (Å²) in [5.41, 5.74) is 2.70. The first-order valence-electron chi connectivity index (χ1n) is 14.7. The van der Waals surface area contributed by atoms with Crippen molar-refractivity contribution in [3.63, 3.8) is 0 Å². The van der Waals surface area contributed by atoms with Crippen LogP contribution in [-0.2, 0) is 26.2 Å². The second kappa shape index (κ2) is 14.6. The Kier molecular flexibility index (Phi) is 11.2. The average molecular weight is 645 g/mol. The Morgan fingerprint density at radius 3 is 2.19 bits per heavy atom. The van der Waals surface area contributed by atoms with Gasteiger partial charge in [0, 0.05) is 22.6 Å². The zero-order valence-electron chi connectivity index (χ0n) is 24.9. The second-order valence-electron chi connectivity index (χ2n) is 11.2. The van der Waals surface area contributed by atoms with Crippen LogP contribution in [0.2, 0.25) is 10.0 Å². The van der Waals surface area contributed by atoms with Crippen LogP contribution in [0.3, 0.4) is 0 Å².